The Bertz CT molecular complexity index is 113. The van der Waals surface area contributed by atoms with Crippen LogP contribution >= 0.6 is 11.8 Å². The first kappa shape index (κ1) is 7.29. The molecule has 0 rings (SSSR count). The van der Waals surface area contributed by atoms with E-state index in [2.05, 4.69) is 5.32 Å². The molecule has 0 aromatic heterocycles. The molecule has 8 heavy (non-hydrogen) atoms. The van der Waals surface area contributed by atoms with E-state index in [1.54, 1.807) is 0 Å². The molecule has 0 spiro atoms. The monoisotopic (exact) mass is 133 g/mol. The number of nitrogens with two attached hydrogens (primary N) is 1. The van der Waals surface area contributed by atoms with Gasteiger partial charge in [0.25, 0.3) is 5.24 Å². The SMILES string of the molecule is CNC(=O)SC(=N)N. The summed E-state index contributed by atoms with van der Waals surface area (Å²) in [4.78, 5) is 10.3. The highest BCUT2D eigenvalue weighted by Crippen LogP contribution is 1.96. The molecular weight excluding hydrogens is 126 g/mol. The zero-order chi connectivity index (χ0) is 6.57. The van der Waals surface area contributed by atoms with Gasteiger partial charge < -0.3 is 11.1 Å². The van der Waals surface area contributed by atoms with Crippen molar-refractivity contribution >= 4 is 22.2 Å². The van der Waals surface area contributed by atoms with Gasteiger partial charge in [0, 0.05) is 18.8 Å². The molecule has 0 saturated heterocycles. The minimum atomic E-state index is -0.308. The van der Waals surface area contributed by atoms with E-state index >= 15 is 0 Å². The molecule has 0 aromatic rings. The van der Waals surface area contributed by atoms with Gasteiger partial charge in [-0.15, -0.1) is 0 Å². The van der Waals surface area contributed by atoms with Crippen molar-refractivity contribution in [1.29, 1.82) is 5.41 Å². The molecule has 5 heteroatoms. The van der Waals surface area contributed by atoms with Gasteiger partial charge in [-0.05, 0) is 0 Å². The molecule has 46 valence electrons. The van der Waals surface area contributed by atoms with E-state index in [0.29, 0.717) is 11.8 Å². The standard InChI is InChI=1S/C3H7N3OS/c1-6-3(7)8-2(4)5/h1H3,(H3,4,5)(H,6,7). The summed E-state index contributed by atoms with van der Waals surface area (Å²) in [6, 6.07) is 0. The van der Waals surface area contributed by atoms with Crippen LogP contribution in [0.5, 0.6) is 0 Å². The van der Waals surface area contributed by atoms with Crippen molar-refractivity contribution in [3.8, 4) is 0 Å². The Hall–Kier alpha value is -0.710. The molecule has 0 bridgehead atoms. The second kappa shape index (κ2) is 3.31. The largest absolute Gasteiger partial charge is 0.378 e. The summed E-state index contributed by atoms with van der Waals surface area (Å²) in [5.74, 6) is 0. The average molecular weight is 133 g/mol. The van der Waals surface area contributed by atoms with Crippen molar-refractivity contribution < 1.29 is 4.79 Å². The van der Waals surface area contributed by atoms with Gasteiger partial charge in [0.05, 0.1) is 0 Å². The molecule has 0 atom stereocenters. The van der Waals surface area contributed by atoms with Crippen molar-refractivity contribution in [2.45, 2.75) is 0 Å². The van der Waals surface area contributed by atoms with Gasteiger partial charge in [0.15, 0.2) is 5.17 Å². The lowest BCUT2D eigenvalue weighted by molar-refractivity contribution is 0.262. The molecular formula is C3H7N3OS. The predicted octanol–water partition coefficient (Wildman–Crippen LogP) is -0.0475. The number of thioether (sulfide) groups is 1. The van der Waals surface area contributed by atoms with Gasteiger partial charge in [-0.1, -0.05) is 0 Å². The van der Waals surface area contributed by atoms with Crippen LogP contribution < -0.4 is 11.1 Å². The van der Waals surface area contributed by atoms with Crippen LogP contribution in [0.15, 0.2) is 0 Å². The Morgan fingerprint density at radius 2 is 2.38 bits per heavy atom. The zero-order valence-corrected chi connectivity index (χ0v) is 5.21. The smallest absolute Gasteiger partial charge is 0.286 e. The Morgan fingerprint density at radius 1 is 1.88 bits per heavy atom. The van der Waals surface area contributed by atoms with Gasteiger partial charge in [0.2, 0.25) is 0 Å². The first-order valence-electron chi connectivity index (χ1n) is 1.90. The highest BCUT2D eigenvalue weighted by Gasteiger charge is 1.97. The molecule has 0 radical (unpaired) electrons. The second-order valence-electron chi connectivity index (χ2n) is 1.00. The van der Waals surface area contributed by atoms with Crippen molar-refractivity contribution in [3.05, 3.63) is 0 Å². The van der Waals surface area contributed by atoms with E-state index in [1.165, 1.54) is 7.05 Å². The lowest BCUT2D eigenvalue weighted by Gasteiger charge is -1.92. The summed E-state index contributed by atoms with van der Waals surface area (Å²) in [5, 5.41) is 8.41. The molecule has 0 saturated carbocycles. The van der Waals surface area contributed by atoms with Gasteiger partial charge in [-0.25, -0.2) is 0 Å². The Kier molecular flexibility index (Phi) is 3.02. The highest BCUT2D eigenvalue weighted by atomic mass is 32.2. The minimum Gasteiger partial charge on any atom is -0.378 e. The second-order valence-corrected chi connectivity index (χ2v) is 2.02. The summed E-state index contributed by atoms with van der Waals surface area (Å²) >= 11 is 0.666. The van der Waals surface area contributed by atoms with Gasteiger partial charge in [0.1, 0.15) is 0 Å². The summed E-state index contributed by atoms with van der Waals surface area (Å²) in [7, 11) is 1.48. The molecule has 0 aliphatic rings. The molecule has 0 heterocycles. The highest BCUT2D eigenvalue weighted by molar-refractivity contribution is 8.26. The van der Waals surface area contributed by atoms with Crippen molar-refractivity contribution in [2.24, 2.45) is 5.73 Å². The van der Waals surface area contributed by atoms with E-state index in [4.69, 9.17) is 11.1 Å². The third-order valence-corrected chi connectivity index (χ3v) is 1.02. The van der Waals surface area contributed by atoms with E-state index in [0.717, 1.165) is 0 Å². The summed E-state index contributed by atoms with van der Waals surface area (Å²) in [6.45, 7) is 0. The maximum absolute atomic E-state index is 10.3. The number of hydrogen-bond donors (Lipinski definition) is 3. The van der Waals surface area contributed by atoms with Crippen molar-refractivity contribution in [1.82, 2.24) is 5.32 Å². The number of amidine groups is 1. The Labute approximate surface area is 51.3 Å². The first-order chi connectivity index (χ1) is 3.66. The number of amides is 1. The van der Waals surface area contributed by atoms with E-state index in [-0.39, 0.29) is 10.4 Å². The summed E-state index contributed by atoms with van der Waals surface area (Å²) < 4.78 is 0. The van der Waals surface area contributed by atoms with E-state index in [1.807, 2.05) is 0 Å². The van der Waals surface area contributed by atoms with Crippen LogP contribution in [0.25, 0.3) is 0 Å². The van der Waals surface area contributed by atoms with Gasteiger partial charge >= 0.3 is 0 Å². The minimum absolute atomic E-state index is 0.190. The normalized spacial score (nSPS) is 8.12. The number of carbonyl (C=O) groups excluding carboxylic acids is 1. The van der Waals surface area contributed by atoms with Crippen LogP contribution in [0.4, 0.5) is 4.79 Å². The van der Waals surface area contributed by atoms with Crippen molar-refractivity contribution in [2.75, 3.05) is 7.05 Å². The third kappa shape index (κ3) is 3.48. The number of carbonyl (C=O) groups is 1. The fourth-order valence-corrected chi connectivity index (χ4v) is 0.453. The van der Waals surface area contributed by atoms with Gasteiger partial charge in [-0.3, -0.25) is 10.2 Å². The molecule has 0 aromatic carbocycles. The maximum Gasteiger partial charge on any atom is 0.286 e. The van der Waals surface area contributed by atoms with Crippen LogP contribution in [0.1, 0.15) is 0 Å². The topological polar surface area (TPSA) is 79.0 Å². The zero-order valence-electron chi connectivity index (χ0n) is 4.39. The lowest BCUT2D eigenvalue weighted by Crippen LogP contribution is -2.17. The van der Waals surface area contributed by atoms with Crippen LogP contribution in [0, 0.1) is 5.41 Å². The summed E-state index contributed by atoms with van der Waals surface area (Å²) in [5.41, 5.74) is 4.85. The number of rotatable bonds is 0. The molecule has 1 amide bonds. The fraction of sp³-hybridized carbons (Fsp3) is 0.333. The van der Waals surface area contributed by atoms with Crippen LogP contribution in [0.2, 0.25) is 0 Å². The molecule has 0 aliphatic carbocycles. The number of hydrogen-bond acceptors (Lipinski definition) is 3. The molecule has 0 fully saturated rings. The Morgan fingerprint density at radius 3 is 2.50 bits per heavy atom. The van der Waals surface area contributed by atoms with Crippen molar-refractivity contribution in [3.63, 3.8) is 0 Å². The predicted molar refractivity (Wildman–Crippen MR) is 34.0 cm³/mol. The van der Waals surface area contributed by atoms with Gasteiger partial charge in [-0.2, -0.15) is 0 Å². The molecule has 0 unspecified atom stereocenters. The fourth-order valence-electron chi connectivity index (χ4n) is 0.151. The third-order valence-electron chi connectivity index (χ3n) is 0.407. The van der Waals surface area contributed by atoms with Crippen LogP contribution in [-0.4, -0.2) is 17.5 Å². The summed E-state index contributed by atoms with van der Waals surface area (Å²) in [6.07, 6.45) is 0. The lowest BCUT2D eigenvalue weighted by atomic mass is 11.2. The van der Waals surface area contributed by atoms with Crippen LogP contribution in [-0.2, 0) is 0 Å². The Balaban J connectivity index is 3.40. The van der Waals surface area contributed by atoms with E-state index in [9.17, 15) is 4.79 Å². The molecule has 4 nitrogen and oxygen atoms in total. The molecule has 4 N–H and O–H groups in total. The average Bonchev–Trinajstić information content (AvgIpc) is 1.65. The quantitative estimate of drug-likeness (QED) is 0.320. The number of nitrogens with one attached hydrogen (secondary N) is 2. The van der Waals surface area contributed by atoms with E-state index < -0.39 is 0 Å². The maximum atomic E-state index is 10.3. The van der Waals surface area contributed by atoms with Crippen LogP contribution in [0.3, 0.4) is 0 Å². The first-order valence-corrected chi connectivity index (χ1v) is 2.72. The molecule has 0 aliphatic heterocycles.